The molecule has 0 fully saturated rings. The fourth-order valence-electron chi connectivity index (χ4n) is 1.89. The van der Waals surface area contributed by atoms with Gasteiger partial charge in [-0.3, -0.25) is 4.79 Å². The smallest absolute Gasteiger partial charge is 0.265 e. The lowest BCUT2D eigenvalue weighted by Gasteiger charge is -2.30. The Balaban J connectivity index is 2.59. The Morgan fingerprint density at radius 3 is 2.23 bits per heavy atom. The highest BCUT2D eigenvalue weighted by molar-refractivity contribution is 8.00. The van der Waals surface area contributed by atoms with Gasteiger partial charge in [0, 0.05) is 29.1 Å². The number of likely N-dealkylation sites (N-methyl/N-ethyl adjacent to an activating group) is 1. The number of hydrogen-bond donors (Lipinski definition) is 0. The van der Waals surface area contributed by atoms with Crippen LogP contribution < -0.4 is 4.74 Å². The summed E-state index contributed by atoms with van der Waals surface area (Å²) in [4.78, 5) is 14.3. The second-order valence-electron chi connectivity index (χ2n) is 6.75. The Hall–Kier alpha value is -0.870. The van der Waals surface area contributed by atoms with Gasteiger partial charge in [0.1, 0.15) is 5.75 Å². The molecule has 3 nitrogen and oxygen atoms in total. The summed E-state index contributed by atoms with van der Waals surface area (Å²) in [6.07, 6.45) is 0. The highest BCUT2D eigenvalue weighted by Gasteiger charge is 2.32. The third kappa shape index (κ3) is 6.49. The van der Waals surface area contributed by atoms with Gasteiger partial charge in [0.25, 0.3) is 5.91 Å². The van der Waals surface area contributed by atoms with Crippen molar-refractivity contribution >= 4 is 29.3 Å². The van der Waals surface area contributed by atoms with Crippen molar-refractivity contribution in [2.45, 2.75) is 45.0 Å². The molecular formula is C17H26ClNO2S. The largest absolute Gasteiger partial charge is 0.478 e. The number of rotatable bonds is 6. The first-order valence-corrected chi connectivity index (χ1v) is 8.72. The van der Waals surface area contributed by atoms with Crippen LogP contribution in [0.25, 0.3) is 0 Å². The van der Waals surface area contributed by atoms with Gasteiger partial charge in [-0.25, -0.2) is 0 Å². The fourth-order valence-corrected chi connectivity index (χ4v) is 2.99. The molecule has 1 aromatic rings. The number of carbonyl (C=O) groups excluding carboxylic acids is 1. The standard InChI is InChI=1S/C17H26ClNO2S/c1-16(2,3)22-12-11-19(6)15(20)17(4,5)21-14-9-7-13(18)8-10-14/h7-10H,11-12H2,1-6H3. The van der Waals surface area contributed by atoms with E-state index in [2.05, 4.69) is 20.8 Å². The number of halogens is 1. The molecule has 5 heteroatoms. The third-order valence-corrected chi connectivity index (χ3v) is 4.51. The first kappa shape index (κ1) is 19.2. The van der Waals surface area contributed by atoms with Crippen LogP contribution in [0.15, 0.2) is 24.3 Å². The van der Waals surface area contributed by atoms with E-state index in [1.54, 1.807) is 43.0 Å². The van der Waals surface area contributed by atoms with E-state index in [4.69, 9.17) is 16.3 Å². The number of hydrogen-bond acceptors (Lipinski definition) is 3. The molecule has 1 rings (SSSR count). The average Bonchev–Trinajstić information content (AvgIpc) is 2.38. The molecule has 0 heterocycles. The number of amides is 1. The summed E-state index contributed by atoms with van der Waals surface area (Å²) < 4.78 is 6.04. The van der Waals surface area contributed by atoms with Crippen molar-refractivity contribution in [1.29, 1.82) is 0 Å². The molecule has 0 aromatic heterocycles. The van der Waals surface area contributed by atoms with Gasteiger partial charge in [-0.1, -0.05) is 32.4 Å². The van der Waals surface area contributed by atoms with Crippen LogP contribution in [0.3, 0.4) is 0 Å². The van der Waals surface area contributed by atoms with Crippen molar-refractivity contribution in [1.82, 2.24) is 4.90 Å². The van der Waals surface area contributed by atoms with Crippen molar-refractivity contribution < 1.29 is 9.53 Å². The maximum absolute atomic E-state index is 12.6. The zero-order valence-corrected chi connectivity index (χ0v) is 15.8. The van der Waals surface area contributed by atoms with Gasteiger partial charge in [0.05, 0.1) is 0 Å². The lowest BCUT2D eigenvalue weighted by atomic mass is 10.1. The second-order valence-corrected chi connectivity index (χ2v) is 9.11. The molecular weight excluding hydrogens is 318 g/mol. The summed E-state index contributed by atoms with van der Waals surface area (Å²) in [5.41, 5.74) is -0.908. The van der Waals surface area contributed by atoms with E-state index < -0.39 is 5.60 Å². The Morgan fingerprint density at radius 1 is 1.18 bits per heavy atom. The molecule has 124 valence electrons. The number of ether oxygens (including phenoxy) is 1. The van der Waals surface area contributed by atoms with Gasteiger partial charge in [0.15, 0.2) is 5.60 Å². The molecule has 0 atom stereocenters. The van der Waals surface area contributed by atoms with E-state index in [-0.39, 0.29) is 10.7 Å². The zero-order valence-electron chi connectivity index (χ0n) is 14.3. The molecule has 0 saturated carbocycles. The summed E-state index contributed by atoms with van der Waals surface area (Å²) >= 11 is 7.70. The highest BCUT2D eigenvalue weighted by Crippen LogP contribution is 2.24. The Morgan fingerprint density at radius 2 is 1.73 bits per heavy atom. The monoisotopic (exact) mass is 343 g/mol. The molecule has 0 N–H and O–H groups in total. The summed E-state index contributed by atoms with van der Waals surface area (Å²) in [6.45, 7) is 10.8. The molecule has 0 saturated heterocycles. The lowest BCUT2D eigenvalue weighted by Crippen LogP contribution is -2.48. The third-order valence-electron chi connectivity index (χ3n) is 3.01. The quantitative estimate of drug-likeness (QED) is 0.762. The van der Waals surface area contributed by atoms with Crippen molar-refractivity contribution in [3.63, 3.8) is 0 Å². The molecule has 0 spiro atoms. The van der Waals surface area contributed by atoms with Crippen LogP contribution in [-0.2, 0) is 4.79 Å². The Bertz CT molecular complexity index is 494. The molecule has 0 aliphatic carbocycles. The van der Waals surface area contributed by atoms with Gasteiger partial charge in [-0.15, -0.1) is 0 Å². The Kier molecular flexibility index (Phi) is 6.63. The van der Waals surface area contributed by atoms with E-state index in [0.29, 0.717) is 17.3 Å². The highest BCUT2D eigenvalue weighted by atomic mass is 35.5. The van der Waals surface area contributed by atoms with Crippen LogP contribution in [0, 0.1) is 0 Å². The van der Waals surface area contributed by atoms with Gasteiger partial charge >= 0.3 is 0 Å². The minimum atomic E-state index is -0.908. The maximum atomic E-state index is 12.6. The summed E-state index contributed by atoms with van der Waals surface area (Å²) in [5, 5.41) is 0.646. The van der Waals surface area contributed by atoms with Crippen LogP contribution in [0.5, 0.6) is 5.75 Å². The summed E-state index contributed by atoms with van der Waals surface area (Å²) in [7, 11) is 1.82. The van der Waals surface area contributed by atoms with Gasteiger partial charge in [0.2, 0.25) is 0 Å². The first-order chi connectivity index (χ1) is 10.0. The molecule has 0 unspecified atom stereocenters. The summed E-state index contributed by atoms with van der Waals surface area (Å²) in [5.74, 6) is 1.51. The number of carbonyl (C=O) groups is 1. The molecule has 0 bridgehead atoms. The van der Waals surface area contributed by atoms with Crippen molar-refractivity contribution in [2.75, 3.05) is 19.3 Å². The summed E-state index contributed by atoms with van der Waals surface area (Å²) in [6, 6.07) is 7.04. The van der Waals surface area contributed by atoms with Crippen molar-refractivity contribution in [2.24, 2.45) is 0 Å². The molecule has 0 aliphatic heterocycles. The Labute approximate surface area is 143 Å². The normalized spacial score (nSPS) is 12.1. The minimum Gasteiger partial charge on any atom is -0.478 e. The minimum absolute atomic E-state index is 0.0306. The average molecular weight is 344 g/mol. The zero-order chi connectivity index (χ0) is 17.0. The SMILES string of the molecule is CN(CCSC(C)(C)C)C(=O)C(C)(C)Oc1ccc(Cl)cc1. The molecule has 0 aliphatic rings. The van der Waals surface area contributed by atoms with Crippen LogP contribution in [0.4, 0.5) is 0 Å². The predicted molar refractivity (Wildman–Crippen MR) is 96.0 cm³/mol. The topological polar surface area (TPSA) is 29.5 Å². The molecule has 0 radical (unpaired) electrons. The van der Waals surface area contributed by atoms with E-state index in [1.807, 2.05) is 18.8 Å². The number of nitrogens with zero attached hydrogens (tertiary/aromatic N) is 1. The van der Waals surface area contributed by atoms with E-state index in [0.717, 1.165) is 5.75 Å². The van der Waals surface area contributed by atoms with E-state index in [1.165, 1.54) is 0 Å². The van der Waals surface area contributed by atoms with Crippen LogP contribution in [-0.4, -0.2) is 40.5 Å². The first-order valence-electron chi connectivity index (χ1n) is 7.35. The van der Waals surface area contributed by atoms with Gasteiger partial charge in [-0.05, 0) is 38.1 Å². The molecule has 1 amide bonds. The van der Waals surface area contributed by atoms with Gasteiger partial charge < -0.3 is 9.64 Å². The lowest BCUT2D eigenvalue weighted by molar-refractivity contribution is -0.143. The van der Waals surface area contributed by atoms with Crippen LogP contribution in [0.2, 0.25) is 5.02 Å². The van der Waals surface area contributed by atoms with Crippen molar-refractivity contribution in [3.8, 4) is 5.75 Å². The van der Waals surface area contributed by atoms with Crippen LogP contribution >= 0.6 is 23.4 Å². The molecule has 1 aromatic carbocycles. The van der Waals surface area contributed by atoms with E-state index >= 15 is 0 Å². The van der Waals surface area contributed by atoms with Crippen molar-refractivity contribution in [3.05, 3.63) is 29.3 Å². The fraction of sp³-hybridized carbons (Fsp3) is 0.588. The van der Waals surface area contributed by atoms with E-state index in [9.17, 15) is 4.79 Å². The molecule has 22 heavy (non-hydrogen) atoms. The van der Waals surface area contributed by atoms with Gasteiger partial charge in [-0.2, -0.15) is 11.8 Å². The predicted octanol–water partition coefficient (Wildman–Crippen LogP) is 4.49. The van der Waals surface area contributed by atoms with Crippen LogP contribution in [0.1, 0.15) is 34.6 Å². The number of thioether (sulfide) groups is 1. The second kappa shape index (κ2) is 7.60. The number of benzene rings is 1. The maximum Gasteiger partial charge on any atom is 0.265 e.